The Bertz CT molecular complexity index is 1220. The van der Waals surface area contributed by atoms with E-state index in [1.165, 1.54) is 5.57 Å². The van der Waals surface area contributed by atoms with Gasteiger partial charge in [-0.25, -0.2) is 14.0 Å². The number of rotatable bonds is 5. The first-order valence-corrected chi connectivity index (χ1v) is 11.5. The molecule has 4 rings (SSSR count). The van der Waals surface area contributed by atoms with E-state index in [1.54, 1.807) is 30.6 Å². The number of nitrogens with zero attached hydrogens (tertiary/aromatic N) is 1. The highest BCUT2D eigenvalue weighted by atomic mass is 32.1. The summed E-state index contributed by atoms with van der Waals surface area (Å²) in [6, 6.07) is 13.3. The molecule has 0 aliphatic carbocycles. The van der Waals surface area contributed by atoms with E-state index >= 15 is 0 Å². The molecule has 0 atom stereocenters. The summed E-state index contributed by atoms with van der Waals surface area (Å²) in [4.78, 5) is 22.5. The molecule has 2 N–H and O–H groups in total. The molecule has 1 saturated heterocycles. The largest absolute Gasteiger partial charge is 0.497 e. The molecule has 0 spiro atoms. The first kappa shape index (κ1) is 25.1. The zero-order chi connectivity index (χ0) is 24.7. The molecule has 34 heavy (non-hydrogen) atoms. The third-order valence-electron chi connectivity index (χ3n) is 5.37. The number of methoxy groups -OCH3 is 1. The van der Waals surface area contributed by atoms with Crippen molar-refractivity contribution in [3.63, 3.8) is 0 Å². The number of halogens is 1. The number of hydrogen-bond donors (Lipinski definition) is 2. The molecule has 1 aliphatic heterocycles. The Morgan fingerprint density at radius 1 is 1.03 bits per heavy atom. The predicted molar refractivity (Wildman–Crippen MR) is 133 cm³/mol. The molecule has 3 aromatic rings. The van der Waals surface area contributed by atoms with Gasteiger partial charge in [0.15, 0.2) is 0 Å². The molecular formula is C26H26FNO5S. The minimum absolute atomic E-state index is 0.194. The van der Waals surface area contributed by atoms with E-state index in [0.29, 0.717) is 12.2 Å². The molecule has 1 fully saturated rings. The van der Waals surface area contributed by atoms with Gasteiger partial charge in [-0.3, -0.25) is 0 Å². The van der Waals surface area contributed by atoms with Crippen molar-refractivity contribution in [3.05, 3.63) is 71.6 Å². The summed E-state index contributed by atoms with van der Waals surface area (Å²) in [5, 5.41) is 16.8. The maximum absolute atomic E-state index is 14.0. The number of likely N-dealkylation sites (tertiary alicyclic amines) is 1. The van der Waals surface area contributed by atoms with E-state index in [4.69, 9.17) is 14.9 Å². The van der Waals surface area contributed by atoms with Gasteiger partial charge in [-0.05, 0) is 67.2 Å². The maximum atomic E-state index is 14.0. The second kappa shape index (κ2) is 11.6. The van der Waals surface area contributed by atoms with Crippen molar-refractivity contribution in [1.82, 2.24) is 4.90 Å². The van der Waals surface area contributed by atoms with Gasteiger partial charge in [0.25, 0.3) is 0 Å². The summed E-state index contributed by atoms with van der Waals surface area (Å²) < 4.78 is 20.5. The molecule has 8 heteroatoms. The van der Waals surface area contributed by atoms with Crippen LogP contribution >= 0.6 is 11.3 Å². The quantitative estimate of drug-likeness (QED) is 0.464. The van der Waals surface area contributed by atoms with Crippen molar-refractivity contribution in [1.29, 1.82) is 0 Å². The van der Waals surface area contributed by atoms with Gasteiger partial charge in [0.1, 0.15) is 11.6 Å². The number of ether oxygens (including phenoxy) is 1. The van der Waals surface area contributed by atoms with Crippen molar-refractivity contribution >= 4 is 39.4 Å². The van der Waals surface area contributed by atoms with Gasteiger partial charge in [-0.2, -0.15) is 0 Å². The number of thiophene rings is 1. The topological polar surface area (TPSA) is 87.1 Å². The van der Waals surface area contributed by atoms with Crippen LogP contribution in [0.5, 0.6) is 5.75 Å². The van der Waals surface area contributed by atoms with Crippen LogP contribution in [-0.4, -0.2) is 54.3 Å². The van der Waals surface area contributed by atoms with Gasteiger partial charge in [0, 0.05) is 40.4 Å². The fourth-order valence-corrected chi connectivity index (χ4v) is 4.68. The third kappa shape index (κ3) is 7.00. The molecule has 0 radical (unpaired) electrons. The van der Waals surface area contributed by atoms with Crippen LogP contribution in [0.4, 0.5) is 4.39 Å². The summed E-state index contributed by atoms with van der Waals surface area (Å²) in [6.07, 6.45) is 5.53. The van der Waals surface area contributed by atoms with E-state index in [-0.39, 0.29) is 5.82 Å². The minimum atomic E-state index is -1.26. The summed E-state index contributed by atoms with van der Waals surface area (Å²) in [5.74, 6) is -1.86. The monoisotopic (exact) mass is 483 g/mol. The van der Waals surface area contributed by atoms with Crippen LogP contribution in [-0.2, 0) is 9.59 Å². The second-order valence-corrected chi connectivity index (χ2v) is 8.95. The first-order valence-electron chi connectivity index (χ1n) is 10.6. The number of carboxylic acids is 2. The minimum Gasteiger partial charge on any atom is -0.497 e. The van der Waals surface area contributed by atoms with Gasteiger partial charge in [-0.15, -0.1) is 11.3 Å². The van der Waals surface area contributed by atoms with E-state index in [0.717, 1.165) is 57.8 Å². The molecule has 0 saturated carbocycles. The van der Waals surface area contributed by atoms with Crippen molar-refractivity contribution < 1.29 is 28.9 Å². The van der Waals surface area contributed by atoms with Crippen LogP contribution < -0.4 is 4.74 Å². The van der Waals surface area contributed by atoms with E-state index in [9.17, 15) is 14.0 Å². The molecule has 0 amide bonds. The molecule has 0 bridgehead atoms. The highest BCUT2D eigenvalue weighted by Gasteiger charge is 2.13. The lowest BCUT2D eigenvalue weighted by Gasteiger charge is -2.24. The molecule has 178 valence electrons. The van der Waals surface area contributed by atoms with Crippen LogP contribution in [0.15, 0.2) is 60.2 Å². The van der Waals surface area contributed by atoms with Gasteiger partial charge in [0.05, 0.1) is 7.11 Å². The first-order chi connectivity index (χ1) is 16.2. The standard InChI is InChI=1S/C22H22FNOS.C4H4O4/c1-24-9-7-15(8-10-24)11-16-3-5-18(23)13-20(16)22-12-17-4-6-19(25-2)14-21(17)26-22;5-3(6)1-2-4(7)8/h3-6,11-14H,7-10H2,1-2H3;1-2H,(H,5,6)(H,7,8)/b;2-1-. The normalized spacial score (nSPS) is 14.0. The zero-order valence-electron chi connectivity index (χ0n) is 19.0. The van der Waals surface area contributed by atoms with Gasteiger partial charge in [0.2, 0.25) is 0 Å². The van der Waals surface area contributed by atoms with Crippen LogP contribution in [0, 0.1) is 5.82 Å². The van der Waals surface area contributed by atoms with Crippen LogP contribution in [0.3, 0.4) is 0 Å². The highest BCUT2D eigenvalue weighted by molar-refractivity contribution is 7.22. The smallest absolute Gasteiger partial charge is 0.328 e. The summed E-state index contributed by atoms with van der Waals surface area (Å²) in [5.41, 5.74) is 3.51. The molecule has 0 unspecified atom stereocenters. The molecule has 2 aromatic carbocycles. The Morgan fingerprint density at radius 2 is 1.71 bits per heavy atom. The molecule has 1 aromatic heterocycles. The lowest BCUT2D eigenvalue weighted by Crippen LogP contribution is -2.26. The van der Waals surface area contributed by atoms with E-state index in [1.807, 2.05) is 18.2 Å². The number of hydrogen-bond acceptors (Lipinski definition) is 5. The van der Waals surface area contributed by atoms with Gasteiger partial charge in [-0.1, -0.05) is 17.7 Å². The zero-order valence-corrected chi connectivity index (χ0v) is 19.8. The highest BCUT2D eigenvalue weighted by Crippen LogP contribution is 2.38. The number of benzene rings is 2. The molecule has 6 nitrogen and oxygen atoms in total. The maximum Gasteiger partial charge on any atom is 0.328 e. The van der Waals surface area contributed by atoms with Crippen LogP contribution in [0.1, 0.15) is 18.4 Å². The number of carboxylic acid groups (broad SMARTS) is 2. The number of aliphatic carboxylic acids is 2. The van der Waals surface area contributed by atoms with Gasteiger partial charge >= 0.3 is 11.9 Å². The molecule has 1 aliphatic rings. The van der Waals surface area contributed by atoms with Gasteiger partial charge < -0.3 is 19.8 Å². The summed E-state index contributed by atoms with van der Waals surface area (Å²) >= 11 is 1.68. The lowest BCUT2D eigenvalue weighted by molar-refractivity contribution is -0.134. The molecular weight excluding hydrogens is 457 g/mol. The fourth-order valence-electron chi connectivity index (χ4n) is 3.55. The Kier molecular flexibility index (Phi) is 8.56. The Hall–Kier alpha value is -3.49. The lowest BCUT2D eigenvalue weighted by atomic mass is 9.98. The number of carbonyl (C=O) groups is 2. The van der Waals surface area contributed by atoms with Crippen molar-refractivity contribution in [2.75, 3.05) is 27.2 Å². The summed E-state index contributed by atoms with van der Waals surface area (Å²) in [7, 11) is 3.83. The van der Waals surface area contributed by atoms with Crippen molar-refractivity contribution in [2.45, 2.75) is 12.8 Å². The average Bonchev–Trinajstić information content (AvgIpc) is 3.24. The Balaban J connectivity index is 0.000000350. The second-order valence-electron chi connectivity index (χ2n) is 7.86. The third-order valence-corrected chi connectivity index (χ3v) is 6.50. The summed E-state index contributed by atoms with van der Waals surface area (Å²) in [6.45, 7) is 2.18. The average molecular weight is 484 g/mol. The van der Waals surface area contributed by atoms with Crippen molar-refractivity contribution in [3.8, 4) is 16.2 Å². The SMILES string of the molecule is COc1ccc2cc(-c3cc(F)ccc3C=C3CCN(C)CC3)sc2c1.O=C(O)/C=C\C(=O)O. The Labute approximate surface area is 201 Å². The van der Waals surface area contributed by atoms with Crippen LogP contribution in [0.25, 0.3) is 26.6 Å². The molecule has 2 heterocycles. The predicted octanol–water partition coefficient (Wildman–Crippen LogP) is 5.54. The van der Waals surface area contributed by atoms with Crippen LogP contribution in [0.2, 0.25) is 0 Å². The van der Waals surface area contributed by atoms with E-state index in [2.05, 4.69) is 30.2 Å². The number of piperidine rings is 1. The van der Waals surface area contributed by atoms with Crippen molar-refractivity contribution in [2.24, 2.45) is 0 Å². The van der Waals surface area contributed by atoms with E-state index < -0.39 is 11.9 Å². The number of fused-ring (bicyclic) bond motifs is 1. The fraction of sp³-hybridized carbons (Fsp3) is 0.231. The Morgan fingerprint density at radius 3 is 2.32 bits per heavy atom.